The smallest absolute Gasteiger partial charge is 0.167 e. The quantitative estimate of drug-likeness (QED) is 0.137. The van der Waals surface area contributed by atoms with E-state index in [0.29, 0.717) is 52.0 Å². The highest BCUT2D eigenvalue weighted by Crippen LogP contribution is 2.44. The van der Waals surface area contributed by atoms with E-state index >= 15 is 0 Å². The molecule has 0 unspecified atom stereocenters. The molecule has 0 radical (unpaired) electrons. The van der Waals surface area contributed by atoms with Crippen molar-refractivity contribution in [3.05, 3.63) is 17.0 Å². The van der Waals surface area contributed by atoms with Crippen LogP contribution in [-0.4, -0.2) is 89.3 Å². The largest absolute Gasteiger partial charge is 0.396 e. The first-order chi connectivity index (χ1) is 21.2. The van der Waals surface area contributed by atoms with E-state index in [1.165, 1.54) is 0 Å². The van der Waals surface area contributed by atoms with Gasteiger partial charge in [-0.3, -0.25) is 35.1 Å². The van der Waals surface area contributed by atoms with Crippen LogP contribution in [0.4, 0.5) is 0 Å². The summed E-state index contributed by atoms with van der Waals surface area (Å²) >= 11 is 0. The van der Waals surface area contributed by atoms with Crippen molar-refractivity contribution in [2.45, 2.75) is 97.4 Å². The van der Waals surface area contributed by atoms with Crippen molar-refractivity contribution < 1.29 is 38.9 Å². The number of hydrazine groups is 1. The Morgan fingerprint density at radius 1 is 0.909 bits per heavy atom. The van der Waals surface area contributed by atoms with Gasteiger partial charge in [-0.25, -0.2) is 0 Å². The zero-order valence-corrected chi connectivity index (χ0v) is 26.5. The van der Waals surface area contributed by atoms with Crippen LogP contribution in [0.1, 0.15) is 99.8 Å². The molecule has 0 bridgehead atoms. The van der Waals surface area contributed by atoms with Gasteiger partial charge in [-0.05, 0) is 62.2 Å². The number of aryl methyl sites for hydroxylation is 2. The molecule has 2 aliphatic heterocycles. The van der Waals surface area contributed by atoms with Gasteiger partial charge >= 0.3 is 0 Å². The number of carbonyl (C=O) groups is 4. The Kier molecular flexibility index (Phi) is 14.3. The minimum absolute atomic E-state index is 0.0738. The van der Waals surface area contributed by atoms with Gasteiger partial charge in [0.15, 0.2) is 23.1 Å². The first-order valence-corrected chi connectivity index (χ1v) is 16.2. The van der Waals surface area contributed by atoms with Gasteiger partial charge < -0.3 is 19.7 Å². The highest BCUT2D eigenvalue weighted by atomic mass is 16.5. The molecule has 4 aliphatic rings. The van der Waals surface area contributed by atoms with Crippen LogP contribution in [0.25, 0.3) is 0 Å². The monoisotopic (exact) mass is 620 g/mol. The molecule has 2 spiro atoms. The van der Waals surface area contributed by atoms with E-state index in [2.05, 4.69) is 10.5 Å². The second-order valence-electron chi connectivity index (χ2n) is 12.5. The Morgan fingerprint density at radius 2 is 1.45 bits per heavy atom. The molecule has 1 aromatic rings. The standard InChI is InChI=1S/C16H24N2O3.C13H18O4.C3H10N2O/c1-2-12-15-13(18(17-12)6-3-7-19)10-16(11-14(15)20)4-8-21-9-5-16;1-2-9(14)12-10(15)7-13(8-11(12)16)3-5-17-6-4-13;4-5-2-1-3-6/h19H,2-11H2,1H3;12H,2-8H2,1H3;5-6H,1-4H2. The van der Waals surface area contributed by atoms with Crippen molar-refractivity contribution >= 4 is 23.1 Å². The van der Waals surface area contributed by atoms with Crippen LogP contribution < -0.4 is 11.3 Å². The minimum atomic E-state index is -0.964. The predicted molar refractivity (Wildman–Crippen MR) is 163 cm³/mol. The molecule has 12 heteroatoms. The van der Waals surface area contributed by atoms with Gasteiger partial charge in [-0.15, -0.1) is 0 Å². The molecule has 1 saturated carbocycles. The molecule has 2 aliphatic carbocycles. The fourth-order valence-electron chi connectivity index (χ4n) is 6.80. The molecule has 2 saturated heterocycles. The number of fused-ring (bicyclic) bond motifs is 1. The van der Waals surface area contributed by atoms with Gasteiger partial charge in [0.2, 0.25) is 0 Å². The van der Waals surface area contributed by atoms with Gasteiger partial charge in [0.1, 0.15) is 5.92 Å². The van der Waals surface area contributed by atoms with Gasteiger partial charge in [0.05, 0.1) is 17.0 Å². The Bertz CT molecular complexity index is 1100. The maximum atomic E-state index is 12.7. The molecule has 5 rings (SSSR count). The van der Waals surface area contributed by atoms with E-state index in [0.717, 1.165) is 75.1 Å². The van der Waals surface area contributed by atoms with E-state index in [-0.39, 0.29) is 53.6 Å². The van der Waals surface area contributed by atoms with E-state index in [4.69, 9.17) is 25.5 Å². The van der Waals surface area contributed by atoms with Crippen LogP contribution in [-0.2, 0) is 43.2 Å². The van der Waals surface area contributed by atoms with E-state index in [1.807, 2.05) is 11.6 Å². The van der Waals surface area contributed by atoms with Gasteiger partial charge in [-0.2, -0.15) is 5.10 Å². The molecular weight excluding hydrogens is 568 g/mol. The maximum absolute atomic E-state index is 12.7. The number of nitrogens with one attached hydrogen (secondary N) is 1. The molecule has 248 valence electrons. The molecule has 44 heavy (non-hydrogen) atoms. The number of hydrogen-bond donors (Lipinski definition) is 4. The number of aliphatic hydroxyl groups is 2. The minimum Gasteiger partial charge on any atom is -0.396 e. The molecule has 0 atom stereocenters. The highest BCUT2D eigenvalue weighted by Gasteiger charge is 2.47. The third-order valence-electron chi connectivity index (χ3n) is 9.35. The van der Waals surface area contributed by atoms with Crippen LogP contribution >= 0.6 is 0 Å². The van der Waals surface area contributed by atoms with E-state index in [1.54, 1.807) is 6.92 Å². The first-order valence-electron chi connectivity index (χ1n) is 16.2. The lowest BCUT2D eigenvalue weighted by molar-refractivity contribution is -0.148. The lowest BCUT2D eigenvalue weighted by Gasteiger charge is -2.40. The summed E-state index contributed by atoms with van der Waals surface area (Å²) in [6.07, 6.45) is 8.23. The first kappa shape index (κ1) is 36.1. The molecule has 1 aromatic heterocycles. The summed E-state index contributed by atoms with van der Waals surface area (Å²) in [5, 5.41) is 21.8. The van der Waals surface area contributed by atoms with Crippen molar-refractivity contribution in [2.24, 2.45) is 22.6 Å². The number of aliphatic hydroxyl groups excluding tert-OH is 2. The number of ether oxygens (including phenoxy) is 2. The van der Waals surface area contributed by atoms with Crippen LogP contribution in [0, 0.1) is 16.7 Å². The van der Waals surface area contributed by atoms with Crippen molar-refractivity contribution in [3.63, 3.8) is 0 Å². The number of Topliss-reactive ketones (excluding diaryl/α,β-unsaturated/α-hetero) is 4. The number of aromatic nitrogens is 2. The van der Waals surface area contributed by atoms with Crippen molar-refractivity contribution in [3.8, 4) is 0 Å². The van der Waals surface area contributed by atoms with E-state index in [9.17, 15) is 19.2 Å². The zero-order valence-electron chi connectivity index (χ0n) is 26.5. The Morgan fingerprint density at radius 3 is 1.91 bits per heavy atom. The van der Waals surface area contributed by atoms with Gasteiger partial charge in [-0.1, -0.05) is 13.8 Å². The topological polar surface area (TPSA) is 183 Å². The maximum Gasteiger partial charge on any atom is 0.167 e. The second-order valence-corrected chi connectivity index (χ2v) is 12.5. The summed E-state index contributed by atoms with van der Waals surface area (Å²) in [7, 11) is 0. The SMILES string of the molecule is CCC(=O)C1C(=O)CC2(CCOCC2)CC1=O.CCc1nn(CCCO)c2c1C(=O)CC1(CCOCC1)C2.NNCCCO. The number of hydrogen-bond acceptors (Lipinski definition) is 11. The van der Waals surface area contributed by atoms with Crippen molar-refractivity contribution in [2.75, 3.05) is 46.2 Å². The lowest BCUT2D eigenvalue weighted by Crippen LogP contribution is -2.46. The third kappa shape index (κ3) is 9.11. The van der Waals surface area contributed by atoms with Crippen LogP contribution in [0.15, 0.2) is 0 Å². The second kappa shape index (κ2) is 17.4. The third-order valence-corrected chi connectivity index (χ3v) is 9.35. The summed E-state index contributed by atoms with van der Waals surface area (Å²) in [5.41, 5.74) is 5.16. The van der Waals surface area contributed by atoms with Gasteiger partial charge in [0, 0.05) is 78.4 Å². The molecule has 3 fully saturated rings. The van der Waals surface area contributed by atoms with Crippen LogP contribution in [0.5, 0.6) is 0 Å². The molecule has 12 nitrogen and oxygen atoms in total. The van der Waals surface area contributed by atoms with Crippen molar-refractivity contribution in [1.82, 2.24) is 15.2 Å². The fraction of sp³-hybridized carbons (Fsp3) is 0.781. The van der Waals surface area contributed by atoms with Crippen LogP contribution in [0.3, 0.4) is 0 Å². The van der Waals surface area contributed by atoms with E-state index < -0.39 is 5.92 Å². The summed E-state index contributed by atoms with van der Waals surface area (Å²) in [6.45, 7) is 8.25. The average molecular weight is 621 g/mol. The molecule has 3 heterocycles. The summed E-state index contributed by atoms with van der Waals surface area (Å²) < 4.78 is 12.7. The number of rotatable bonds is 9. The number of nitrogens with zero attached hydrogens (tertiary/aromatic N) is 2. The number of ketones is 4. The highest BCUT2D eigenvalue weighted by molar-refractivity contribution is 6.20. The zero-order chi connectivity index (χ0) is 32.2. The van der Waals surface area contributed by atoms with Gasteiger partial charge in [0.25, 0.3) is 0 Å². The van der Waals surface area contributed by atoms with Crippen molar-refractivity contribution in [1.29, 1.82) is 0 Å². The Hall–Kier alpha value is -2.35. The molecule has 5 N–H and O–H groups in total. The number of nitrogens with two attached hydrogens (primary N) is 1. The lowest BCUT2D eigenvalue weighted by atomic mass is 9.64. The molecular formula is C32H52N4O8. The Labute approximate surface area is 260 Å². The summed E-state index contributed by atoms with van der Waals surface area (Å²) in [4.78, 5) is 48.3. The summed E-state index contributed by atoms with van der Waals surface area (Å²) in [6, 6.07) is 0. The number of carbonyl (C=O) groups excluding carboxylic acids is 4. The summed E-state index contributed by atoms with van der Waals surface area (Å²) in [5.74, 6) is 3.58. The average Bonchev–Trinajstić information content (AvgIpc) is 3.37. The molecule has 0 aromatic carbocycles. The molecule has 0 amide bonds. The fourth-order valence-corrected chi connectivity index (χ4v) is 6.80. The normalized spacial score (nSPS) is 20.9. The Balaban J connectivity index is 0.000000207. The van der Waals surface area contributed by atoms with Crippen LogP contribution in [0.2, 0.25) is 0 Å². The predicted octanol–water partition coefficient (Wildman–Crippen LogP) is 1.90.